The van der Waals surface area contributed by atoms with Gasteiger partial charge in [0, 0.05) is 10.8 Å². The van der Waals surface area contributed by atoms with Gasteiger partial charge in [0.25, 0.3) is 0 Å². The molecule has 3 atom stereocenters. The number of carbonyl (C=O) groups excluding carboxylic acids is 1. The van der Waals surface area contributed by atoms with Gasteiger partial charge in [-0.05, 0) is 20.1 Å². The summed E-state index contributed by atoms with van der Waals surface area (Å²) in [5, 5.41) is 9.31. The number of carbonyl (C=O) groups is 2. The number of hydrogen-bond acceptors (Lipinski definition) is 7. The summed E-state index contributed by atoms with van der Waals surface area (Å²) in [6.45, 7) is 3.76. The van der Waals surface area contributed by atoms with Gasteiger partial charge < -0.3 is 20.5 Å². The van der Waals surface area contributed by atoms with Gasteiger partial charge >= 0.3 is 11.9 Å². The molecule has 112 valence electrons. The maximum Gasteiger partial charge on any atom is 0.332 e. The molecule has 2 aliphatic heterocycles. The summed E-state index contributed by atoms with van der Waals surface area (Å²) in [6.07, 6.45) is 3.15. The molecule has 2 fully saturated rings. The van der Waals surface area contributed by atoms with Crippen LogP contribution in [0.4, 0.5) is 0 Å². The highest BCUT2D eigenvalue weighted by atomic mass is 32.2. The Labute approximate surface area is 126 Å². The van der Waals surface area contributed by atoms with Crippen LogP contribution in [-0.4, -0.2) is 56.3 Å². The van der Waals surface area contributed by atoms with E-state index in [0.717, 1.165) is 0 Å². The maximum absolute atomic E-state index is 11.6. The highest BCUT2D eigenvalue weighted by molar-refractivity contribution is 8.05. The number of thioether (sulfide) groups is 2. The van der Waals surface area contributed by atoms with Gasteiger partial charge in [0.1, 0.15) is 16.3 Å². The summed E-state index contributed by atoms with van der Waals surface area (Å²) < 4.78 is 4.15. The first-order valence-corrected chi connectivity index (χ1v) is 8.12. The van der Waals surface area contributed by atoms with Crippen molar-refractivity contribution in [1.29, 1.82) is 0 Å². The van der Waals surface area contributed by atoms with Crippen molar-refractivity contribution in [2.75, 3.05) is 13.4 Å². The molecular formula is C12H18N2O4S2. The Morgan fingerprint density at radius 1 is 1.55 bits per heavy atom. The molecule has 0 aromatic heterocycles. The van der Waals surface area contributed by atoms with Gasteiger partial charge in [-0.3, -0.25) is 0 Å². The quantitative estimate of drug-likeness (QED) is 0.446. The van der Waals surface area contributed by atoms with Crippen molar-refractivity contribution in [3.8, 4) is 0 Å². The zero-order chi connectivity index (χ0) is 15.3. The minimum atomic E-state index is -0.913. The first-order chi connectivity index (χ1) is 9.19. The maximum atomic E-state index is 11.6. The largest absolute Gasteiger partial charge is 0.480 e. The third-order valence-corrected chi connectivity index (χ3v) is 6.59. The molecule has 2 saturated heterocycles. The Morgan fingerprint density at radius 2 is 2.15 bits per heavy atom. The summed E-state index contributed by atoms with van der Waals surface area (Å²) >= 11 is 2.94. The SMILES string of the molecule is COC(=O)C=C1N2[C@@H](C(=O)O)C(C)(C)S[C@@H]2[C@@]1(N)SC. The lowest BCUT2D eigenvalue weighted by molar-refractivity contribution is -0.145. The Hall–Kier alpha value is -0.860. The standard InChI is InChI=1S/C12H18N2O4S2/c1-11(2)8(9(16)17)14-6(5-7(15)18-3)12(13,19-4)10(14)20-11/h5,8,10H,13H2,1-4H3,(H,16,17)/t8-,10+,12-/m0/s1. The van der Waals surface area contributed by atoms with Crippen LogP contribution in [0.5, 0.6) is 0 Å². The minimum Gasteiger partial charge on any atom is -0.480 e. The van der Waals surface area contributed by atoms with Gasteiger partial charge in [-0.1, -0.05) is 0 Å². The molecule has 0 aliphatic carbocycles. The van der Waals surface area contributed by atoms with Crippen molar-refractivity contribution in [3.05, 3.63) is 11.8 Å². The van der Waals surface area contributed by atoms with E-state index in [1.54, 1.807) is 4.90 Å². The van der Waals surface area contributed by atoms with E-state index in [1.165, 1.54) is 36.7 Å². The molecule has 0 bridgehead atoms. The van der Waals surface area contributed by atoms with Crippen LogP contribution in [0.25, 0.3) is 0 Å². The number of methoxy groups -OCH3 is 1. The highest BCUT2D eigenvalue weighted by Gasteiger charge is 2.67. The molecule has 6 nitrogen and oxygen atoms in total. The smallest absolute Gasteiger partial charge is 0.332 e. The number of fused-ring (bicyclic) bond motifs is 1. The Bertz CT molecular complexity index is 494. The minimum absolute atomic E-state index is 0.162. The monoisotopic (exact) mass is 318 g/mol. The second-order valence-corrected chi connectivity index (χ2v) is 8.09. The van der Waals surface area contributed by atoms with Crippen LogP contribution in [0.15, 0.2) is 11.8 Å². The van der Waals surface area contributed by atoms with Gasteiger partial charge in [-0.15, -0.1) is 23.5 Å². The number of esters is 1. The number of rotatable bonds is 3. The van der Waals surface area contributed by atoms with Crippen LogP contribution < -0.4 is 5.73 Å². The molecule has 0 spiro atoms. The molecule has 20 heavy (non-hydrogen) atoms. The van der Waals surface area contributed by atoms with E-state index >= 15 is 0 Å². The number of carboxylic acids is 1. The molecule has 0 aromatic carbocycles. The van der Waals surface area contributed by atoms with E-state index in [4.69, 9.17) is 5.73 Å². The van der Waals surface area contributed by atoms with Gasteiger partial charge in [0.05, 0.1) is 12.8 Å². The van der Waals surface area contributed by atoms with Gasteiger partial charge in [-0.25, -0.2) is 9.59 Å². The fourth-order valence-corrected chi connectivity index (χ4v) is 5.37. The average molecular weight is 318 g/mol. The zero-order valence-electron chi connectivity index (χ0n) is 11.7. The third kappa shape index (κ3) is 2.01. The van der Waals surface area contributed by atoms with Crippen LogP contribution in [0.2, 0.25) is 0 Å². The molecular weight excluding hydrogens is 300 g/mol. The van der Waals surface area contributed by atoms with Crippen LogP contribution in [0, 0.1) is 0 Å². The summed E-state index contributed by atoms with van der Waals surface area (Å²) in [5.41, 5.74) is 6.87. The van der Waals surface area contributed by atoms with Crippen LogP contribution in [0.1, 0.15) is 13.8 Å². The van der Waals surface area contributed by atoms with Crippen molar-refractivity contribution in [2.24, 2.45) is 5.73 Å². The van der Waals surface area contributed by atoms with Crippen molar-refractivity contribution >= 4 is 35.5 Å². The fraction of sp³-hybridized carbons (Fsp3) is 0.667. The number of nitrogens with zero attached hydrogens (tertiary/aromatic N) is 1. The van der Waals surface area contributed by atoms with E-state index < -0.39 is 27.6 Å². The van der Waals surface area contributed by atoms with Gasteiger partial charge in [0.2, 0.25) is 0 Å². The third-order valence-electron chi connectivity index (χ3n) is 3.68. The molecule has 8 heteroatoms. The predicted molar refractivity (Wildman–Crippen MR) is 79.3 cm³/mol. The molecule has 0 unspecified atom stereocenters. The van der Waals surface area contributed by atoms with Crippen LogP contribution in [-0.2, 0) is 14.3 Å². The Kier molecular flexibility index (Phi) is 3.77. The topological polar surface area (TPSA) is 92.9 Å². The Morgan fingerprint density at radius 3 is 2.60 bits per heavy atom. The first kappa shape index (κ1) is 15.5. The predicted octanol–water partition coefficient (Wildman–Crippen LogP) is 0.682. The zero-order valence-corrected chi connectivity index (χ0v) is 13.4. The van der Waals surface area contributed by atoms with E-state index in [1.807, 2.05) is 20.1 Å². The lowest BCUT2D eigenvalue weighted by atomic mass is 9.93. The summed E-state index contributed by atoms with van der Waals surface area (Å²) in [5.74, 6) is -1.44. The molecule has 0 amide bonds. The van der Waals surface area contributed by atoms with Crippen LogP contribution in [0.3, 0.4) is 0 Å². The van der Waals surface area contributed by atoms with Crippen molar-refractivity contribution in [2.45, 2.75) is 34.9 Å². The molecule has 0 radical (unpaired) electrons. The second kappa shape index (κ2) is 4.85. The number of hydrogen-bond donors (Lipinski definition) is 2. The van der Waals surface area contributed by atoms with Crippen molar-refractivity contribution < 1.29 is 19.4 Å². The number of nitrogens with two attached hydrogens (primary N) is 1. The van der Waals surface area contributed by atoms with Crippen LogP contribution >= 0.6 is 23.5 Å². The lowest BCUT2D eigenvalue weighted by Crippen LogP contribution is -2.69. The van der Waals surface area contributed by atoms with Crippen molar-refractivity contribution in [3.63, 3.8) is 0 Å². The lowest BCUT2D eigenvalue weighted by Gasteiger charge is -2.54. The summed E-state index contributed by atoms with van der Waals surface area (Å²) in [6, 6.07) is -0.711. The molecule has 2 rings (SSSR count). The van der Waals surface area contributed by atoms with E-state index in [0.29, 0.717) is 5.70 Å². The summed E-state index contributed by atoms with van der Waals surface area (Å²) in [4.78, 5) is 24.0. The molecule has 2 aliphatic rings. The summed E-state index contributed by atoms with van der Waals surface area (Å²) in [7, 11) is 1.28. The van der Waals surface area contributed by atoms with Gasteiger partial charge in [0.15, 0.2) is 0 Å². The second-order valence-electron chi connectivity index (χ2n) is 5.27. The molecule has 2 heterocycles. The number of carboxylic acid groups (broad SMARTS) is 1. The fourth-order valence-electron chi connectivity index (χ4n) is 2.68. The molecule has 3 N–H and O–H groups in total. The highest BCUT2D eigenvalue weighted by Crippen LogP contribution is 2.61. The number of aliphatic carboxylic acids is 1. The molecule has 0 saturated carbocycles. The Balaban J connectivity index is 2.44. The number of ether oxygens (including phenoxy) is 1. The van der Waals surface area contributed by atoms with E-state index in [-0.39, 0.29) is 5.37 Å². The van der Waals surface area contributed by atoms with Gasteiger partial charge in [-0.2, -0.15) is 0 Å². The van der Waals surface area contributed by atoms with Crippen molar-refractivity contribution in [1.82, 2.24) is 4.90 Å². The molecule has 0 aromatic rings. The first-order valence-electron chi connectivity index (χ1n) is 6.02. The van der Waals surface area contributed by atoms with E-state index in [2.05, 4.69) is 4.74 Å². The normalized spacial score (nSPS) is 36.5. The van der Waals surface area contributed by atoms with E-state index in [9.17, 15) is 14.7 Å². The average Bonchev–Trinajstić information content (AvgIpc) is 2.64.